The van der Waals surface area contributed by atoms with E-state index in [0.29, 0.717) is 12.6 Å². The summed E-state index contributed by atoms with van der Waals surface area (Å²) in [7, 11) is 0. The summed E-state index contributed by atoms with van der Waals surface area (Å²) < 4.78 is 5.62. The molecule has 1 aromatic heterocycles. The summed E-state index contributed by atoms with van der Waals surface area (Å²) in [5, 5.41) is 3.46. The molecule has 0 atom stereocenters. The van der Waals surface area contributed by atoms with E-state index in [4.69, 9.17) is 4.74 Å². The molecule has 2 rings (SSSR count). The van der Waals surface area contributed by atoms with Gasteiger partial charge in [-0.3, -0.25) is 4.98 Å². The minimum atomic E-state index is 0.542. The molecule has 1 N–H and O–H groups in total. The van der Waals surface area contributed by atoms with Gasteiger partial charge in [0.05, 0.1) is 0 Å². The van der Waals surface area contributed by atoms with Gasteiger partial charge in [0.25, 0.3) is 0 Å². The van der Waals surface area contributed by atoms with Gasteiger partial charge in [-0.1, -0.05) is 12.7 Å². The molecule has 1 saturated carbocycles. The topological polar surface area (TPSA) is 34.1 Å². The summed E-state index contributed by atoms with van der Waals surface area (Å²) in [6.07, 6.45) is 6.24. The molecular weight excluding hydrogens is 200 g/mol. The molecule has 16 heavy (non-hydrogen) atoms. The van der Waals surface area contributed by atoms with Crippen LogP contribution in [0.5, 0.6) is 5.75 Å². The van der Waals surface area contributed by atoms with Crippen molar-refractivity contribution in [1.82, 2.24) is 10.3 Å². The SMILES string of the molecule is C=CCOc1cc(C)ncc1CNC1CC1. The normalized spacial score (nSPS) is 14.8. The number of aromatic nitrogens is 1. The highest BCUT2D eigenvalue weighted by atomic mass is 16.5. The van der Waals surface area contributed by atoms with Crippen LogP contribution in [0.2, 0.25) is 0 Å². The van der Waals surface area contributed by atoms with E-state index in [1.807, 2.05) is 19.2 Å². The molecule has 3 nitrogen and oxygen atoms in total. The molecule has 0 unspecified atom stereocenters. The lowest BCUT2D eigenvalue weighted by Gasteiger charge is -2.11. The van der Waals surface area contributed by atoms with Gasteiger partial charge in [-0.2, -0.15) is 0 Å². The smallest absolute Gasteiger partial charge is 0.127 e. The van der Waals surface area contributed by atoms with Crippen molar-refractivity contribution in [3.8, 4) is 5.75 Å². The molecule has 1 aromatic rings. The fourth-order valence-corrected chi connectivity index (χ4v) is 1.52. The van der Waals surface area contributed by atoms with Crippen molar-refractivity contribution in [3.63, 3.8) is 0 Å². The third kappa shape index (κ3) is 3.07. The van der Waals surface area contributed by atoms with Crippen LogP contribution in [0.15, 0.2) is 24.9 Å². The summed E-state index contributed by atoms with van der Waals surface area (Å²) in [4.78, 5) is 4.30. The first-order valence-corrected chi connectivity index (χ1v) is 5.72. The van der Waals surface area contributed by atoms with Crippen molar-refractivity contribution in [3.05, 3.63) is 36.2 Å². The zero-order chi connectivity index (χ0) is 11.4. The van der Waals surface area contributed by atoms with Crippen LogP contribution in [0.3, 0.4) is 0 Å². The fourth-order valence-electron chi connectivity index (χ4n) is 1.52. The second kappa shape index (κ2) is 5.12. The van der Waals surface area contributed by atoms with Crippen molar-refractivity contribution < 1.29 is 4.74 Å². The third-order valence-corrected chi connectivity index (χ3v) is 2.60. The molecule has 0 spiro atoms. The number of pyridine rings is 1. The van der Waals surface area contributed by atoms with E-state index in [1.165, 1.54) is 12.8 Å². The Hall–Kier alpha value is -1.35. The Morgan fingerprint density at radius 3 is 3.12 bits per heavy atom. The van der Waals surface area contributed by atoms with Crippen molar-refractivity contribution in [2.24, 2.45) is 0 Å². The van der Waals surface area contributed by atoms with E-state index >= 15 is 0 Å². The van der Waals surface area contributed by atoms with Crippen LogP contribution in [0, 0.1) is 6.92 Å². The molecule has 1 fully saturated rings. The van der Waals surface area contributed by atoms with E-state index in [1.54, 1.807) is 6.08 Å². The molecule has 0 radical (unpaired) electrons. The molecule has 1 heterocycles. The minimum absolute atomic E-state index is 0.542. The van der Waals surface area contributed by atoms with Crippen LogP contribution in [-0.4, -0.2) is 17.6 Å². The summed E-state index contributed by atoms with van der Waals surface area (Å²) in [6.45, 7) is 7.01. The first kappa shape index (κ1) is 11.1. The number of hydrogen-bond donors (Lipinski definition) is 1. The lowest BCUT2D eigenvalue weighted by Crippen LogP contribution is -2.16. The van der Waals surface area contributed by atoms with Gasteiger partial charge in [-0.05, 0) is 19.8 Å². The molecule has 0 bridgehead atoms. The highest BCUT2D eigenvalue weighted by Gasteiger charge is 2.20. The molecule has 0 aromatic carbocycles. The van der Waals surface area contributed by atoms with Crippen LogP contribution in [0.1, 0.15) is 24.1 Å². The Morgan fingerprint density at radius 2 is 2.44 bits per heavy atom. The summed E-state index contributed by atoms with van der Waals surface area (Å²) in [5.74, 6) is 0.917. The van der Waals surface area contributed by atoms with Gasteiger partial charge < -0.3 is 10.1 Å². The van der Waals surface area contributed by atoms with E-state index in [0.717, 1.165) is 23.6 Å². The Labute approximate surface area is 96.5 Å². The van der Waals surface area contributed by atoms with Crippen LogP contribution < -0.4 is 10.1 Å². The van der Waals surface area contributed by atoms with Crippen LogP contribution in [-0.2, 0) is 6.54 Å². The molecule has 86 valence electrons. The van der Waals surface area contributed by atoms with Gasteiger partial charge in [0.2, 0.25) is 0 Å². The Morgan fingerprint density at radius 1 is 1.62 bits per heavy atom. The number of rotatable bonds is 6. The minimum Gasteiger partial charge on any atom is -0.489 e. The molecule has 1 aliphatic rings. The molecule has 3 heteroatoms. The third-order valence-electron chi connectivity index (χ3n) is 2.60. The fraction of sp³-hybridized carbons (Fsp3) is 0.462. The van der Waals surface area contributed by atoms with Crippen LogP contribution in [0.4, 0.5) is 0 Å². The number of ether oxygens (including phenoxy) is 1. The van der Waals surface area contributed by atoms with Crippen molar-refractivity contribution in [1.29, 1.82) is 0 Å². The maximum Gasteiger partial charge on any atom is 0.127 e. The number of aryl methyl sites for hydroxylation is 1. The molecule has 0 saturated heterocycles. The Bertz CT molecular complexity index is 372. The summed E-state index contributed by atoms with van der Waals surface area (Å²) in [5.41, 5.74) is 2.11. The molecule has 0 aliphatic heterocycles. The van der Waals surface area contributed by atoms with Crippen LogP contribution in [0.25, 0.3) is 0 Å². The number of hydrogen-bond acceptors (Lipinski definition) is 3. The lowest BCUT2D eigenvalue weighted by atomic mass is 10.2. The van der Waals surface area contributed by atoms with Crippen molar-refractivity contribution in [2.45, 2.75) is 32.4 Å². The van der Waals surface area contributed by atoms with Crippen molar-refractivity contribution in [2.75, 3.05) is 6.61 Å². The van der Waals surface area contributed by atoms with Gasteiger partial charge in [0.1, 0.15) is 12.4 Å². The standard InChI is InChI=1S/C13H18N2O/c1-3-6-16-13-7-10(2)14-8-11(13)9-15-12-4-5-12/h3,7-8,12,15H,1,4-6,9H2,2H3. The molecule has 0 amide bonds. The molecule has 1 aliphatic carbocycles. The predicted octanol–water partition coefficient (Wildman–Crippen LogP) is 2.21. The summed E-state index contributed by atoms with van der Waals surface area (Å²) >= 11 is 0. The highest BCUT2D eigenvalue weighted by Crippen LogP contribution is 2.22. The number of nitrogens with one attached hydrogen (secondary N) is 1. The summed E-state index contributed by atoms with van der Waals surface area (Å²) in [6, 6.07) is 2.68. The lowest BCUT2D eigenvalue weighted by molar-refractivity contribution is 0.357. The van der Waals surface area contributed by atoms with E-state index in [-0.39, 0.29) is 0 Å². The monoisotopic (exact) mass is 218 g/mol. The predicted molar refractivity (Wildman–Crippen MR) is 64.5 cm³/mol. The zero-order valence-corrected chi connectivity index (χ0v) is 9.70. The number of nitrogens with zero attached hydrogens (tertiary/aromatic N) is 1. The zero-order valence-electron chi connectivity index (χ0n) is 9.70. The van der Waals surface area contributed by atoms with Gasteiger partial charge in [0.15, 0.2) is 0 Å². The van der Waals surface area contributed by atoms with Gasteiger partial charge >= 0.3 is 0 Å². The first-order chi connectivity index (χ1) is 7.79. The average molecular weight is 218 g/mol. The Balaban J connectivity index is 2.03. The van der Waals surface area contributed by atoms with Crippen molar-refractivity contribution >= 4 is 0 Å². The average Bonchev–Trinajstić information content (AvgIpc) is 3.09. The van der Waals surface area contributed by atoms with E-state index in [2.05, 4.69) is 16.9 Å². The van der Waals surface area contributed by atoms with Gasteiger partial charge in [-0.25, -0.2) is 0 Å². The highest BCUT2D eigenvalue weighted by molar-refractivity contribution is 5.33. The van der Waals surface area contributed by atoms with Crippen LogP contribution >= 0.6 is 0 Å². The van der Waals surface area contributed by atoms with Gasteiger partial charge in [0, 0.05) is 36.1 Å². The quantitative estimate of drug-likeness (QED) is 0.743. The first-order valence-electron chi connectivity index (χ1n) is 5.72. The molecular formula is C13H18N2O. The maximum atomic E-state index is 5.62. The largest absolute Gasteiger partial charge is 0.489 e. The Kier molecular flexibility index (Phi) is 3.57. The second-order valence-corrected chi connectivity index (χ2v) is 4.19. The van der Waals surface area contributed by atoms with E-state index < -0.39 is 0 Å². The van der Waals surface area contributed by atoms with Gasteiger partial charge in [-0.15, -0.1) is 0 Å². The second-order valence-electron chi connectivity index (χ2n) is 4.19. The van der Waals surface area contributed by atoms with E-state index in [9.17, 15) is 0 Å². The maximum absolute atomic E-state index is 5.62.